The summed E-state index contributed by atoms with van der Waals surface area (Å²) in [5, 5.41) is 22.4. The fraction of sp³-hybridized carbons (Fsp3) is 0.294. The van der Waals surface area contributed by atoms with Crippen LogP contribution in [0.15, 0.2) is 48.5 Å². The Morgan fingerprint density at radius 2 is 0.909 bits per heavy atom. The summed E-state index contributed by atoms with van der Waals surface area (Å²) in [5.41, 5.74) is 7.34. The van der Waals surface area contributed by atoms with Crippen LogP contribution < -0.4 is 16.4 Å². The second-order valence-corrected chi connectivity index (χ2v) is 11.4. The number of nitrogens with one attached hydrogen (secondary N) is 2. The molecular weight excluding hydrogens is 558 g/mol. The Labute approximate surface area is 253 Å². The molecule has 4 amide bonds. The maximum absolute atomic E-state index is 13.7. The highest BCUT2D eigenvalue weighted by molar-refractivity contribution is 6.41. The number of amides is 4. The Balaban J connectivity index is 1.26. The van der Waals surface area contributed by atoms with Crippen molar-refractivity contribution in [3.8, 4) is 0 Å². The summed E-state index contributed by atoms with van der Waals surface area (Å²) in [6, 6.07) is 14.6. The third-order valence-corrected chi connectivity index (χ3v) is 8.90. The highest BCUT2D eigenvalue weighted by Gasteiger charge is 2.36. The first-order valence-corrected chi connectivity index (χ1v) is 15.1. The molecule has 0 saturated carbocycles. The van der Waals surface area contributed by atoms with Crippen molar-refractivity contribution in [2.45, 2.75) is 12.8 Å². The lowest BCUT2D eigenvalue weighted by molar-refractivity contribution is 0.0574. The van der Waals surface area contributed by atoms with E-state index in [-0.39, 0.29) is 25.0 Å². The minimum atomic E-state index is -0.429. The van der Waals surface area contributed by atoms with Crippen molar-refractivity contribution in [2.24, 2.45) is 5.73 Å². The van der Waals surface area contributed by atoms with Crippen molar-refractivity contribution in [1.82, 2.24) is 20.4 Å². The minimum Gasteiger partial charge on any atom is -0.395 e. The van der Waals surface area contributed by atoms with E-state index in [1.807, 2.05) is 24.3 Å². The highest BCUT2D eigenvalue weighted by Crippen LogP contribution is 2.46. The average molecular weight is 592 g/mol. The van der Waals surface area contributed by atoms with Crippen LogP contribution in [0.4, 0.5) is 0 Å². The summed E-state index contributed by atoms with van der Waals surface area (Å²) in [6.07, 6.45) is 1.58. The molecule has 5 N–H and O–H groups in total. The first-order valence-electron chi connectivity index (χ1n) is 15.1. The first kappa shape index (κ1) is 28.3. The number of fused-ring (bicyclic) bond motifs is 2. The van der Waals surface area contributed by atoms with Gasteiger partial charge in [-0.1, -0.05) is 24.3 Å². The summed E-state index contributed by atoms with van der Waals surface area (Å²) in [5.74, 6) is -1.46. The van der Waals surface area contributed by atoms with E-state index in [9.17, 15) is 24.3 Å². The number of benzene rings is 5. The number of rotatable bonds is 12. The number of hydrogen-bond donors (Lipinski definition) is 4. The van der Waals surface area contributed by atoms with Crippen LogP contribution >= 0.6 is 0 Å². The molecule has 0 fully saturated rings. The summed E-state index contributed by atoms with van der Waals surface area (Å²) in [7, 11) is 0. The molecule has 0 atom stereocenters. The van der Waals surface area contributed by atoms with Gasteiger partial charge in [0, 0.05) is 52.7 Å². The van der Waals surface area contributed by atoms with Gasteiger partial charge in [-0.05, 0) is 89.1 Å². The molecule has 0 unspecified atom stereocenters. The number of carbonyl (C=O) groups excluding carboxylic acids is 4. The molecule has 5 aromatic carbocycles. The van der Waals surface area contributed by atoms with Crippen molar-refractivity contribution in [3.05, 3.63) is 70.8 Å². The molecule has 2 aliphatic rings. The number of nitrogens with two attached hydrogens (primary N) is 1. The van der Waals surface area contributed by atoms with Crippen LogP contribution in [-0.4, -0.2) is 91.0 Å². The van der Waals surface area contributed by atoms with Crippen molar-refractivity contribution in [2.75, 3.05) is 52.4 Å². The summed E-state index contributed by atoms with van der Waals surface area (Å²) < 4.78 is 0. The molecular formula is C34H33N5O5. The number of nitrogens with zero attached hydrogens (tertiary/aromatic N) is 2. The number of carbonyl (C=O) groups is 4. The smallest absolute Gasteiger partial charge is 0.261 e. The number of aliphatic hydroxyl groups is 1. The SMILES string of the molecule is NCCCNCCNCCCN1C(=O)c2ccc3c4ccc5c6c(ccc(c7ccc(c2c37)C1=O)c64)C(=O)N(CCO)C5=O. The van der Waals surface area contributed by atoms with Gasteiger partial charge in [0.15, 0.2) is 0 Å². The van der Waals surface area contributed by atoms with Crippen molar-refractivity contribution >= 4 is 66.7 Å². The molecule has 224 valence electrons. The quantitative estimate of drug-likeness (QED) is 0.0750. The maximum Gasteiger partial charge on any atom is 0.261 e. The Kier molecular flexibility index (Phi) is 7.22. The second kappa shape index (κ2) is 11.2. The van der Waals surface area contributed by atoms with Crippen LogP contribution in [0.2, 0.25) is 0 Å². The van der Waals surface area contributed by atoms with Gasteiger partial charge in [-0.25, -0.2) is 0 Å². The van der Waals surface area contributed by atoms with E-state index in [2.05, 4.69) is 10.6 Å². The van der Waals surface area contributed by atoms with Crippen LogP contribution in [0.25, 0.3) is 43.1 Å². The molecule has 7 rings (SSSR count). The molecule has 0 spiro atoms. The number of imide groups is 2. The van der Waals surface area contributed by atoms with Gasteiger partial charge in [0.2, 0.25) is 0 Å². The van der Waals surface area contributed by atoms with E-state index in [0.717, 1.165) is 63.3 Å². The van der Waals surface area contributed by atoms with Crippen molar-refractivity contribution < 1.29 is 24.3 Å². The van der Waals surface area contributed by atoms with Gasteiger partial charge in [0.1, 0.15) is 0 Å². The van der Waals surface area contributed by atoms with Crippen molar-refractivity contribution in [1.29, 1.82) is 0 Å². The zero-order valence-corrected chi connectivity index (χ0v) is 24.2. The fourth-order valence-electron chi connectivity index (χ4n) is 6.89. The Bertz CT molecular complexity index is 1880. The van der Waals surface area contributed by atoms with Crippen LogP contribution in [0.3, 0.4) is 0 Å². The number of aliphatic hydroxyl groups excluding tert-OH is 1. The predicted molar refractivity (Wildman–Crippen MR) is 169 cm³/mol. The molecule has 2 aliphatic heterocycles. The number of β-amino-alcohol motifs (C(OH)–C–C–N with tert-alkyl or cyclic N) is 1. The van der Waals surface area contributed by atoms with E-state index in [4.69, 9.17) is 5.73 Å². The van der Waals surface area contributed by atoms with E-state index in [1.54, 1.807) is 24.3 Å². The Morgan fingerprint density at radius 1 is 0.523 bits per heavy atom. The first-order chi connectivity index (χ1) is 21.5. The van der Waals surface area contributed by atoms with Crippen LogP contribution in [0.1, 0.15) is 54.3 Å². The molecule has 0 bridgehead atoms. The molecule has 0 saturated heterocycles. The average Bonchev–Trinajstić information content (AvgIpc) is 3.04. The highest BCUT2D eigenvalue weighted by atomic mass is 16.3. The predicted octanol–water partition coefficient (Wildman–Crippen LogP) is 2.84. The number of hydrogen-bond acceptors (Lipinski definition) is 8. The lowest BCUT2D eigenvalue weighted by Crippen LogP contribution is -2.42. The lowest BCUT2D eigenvalue weighted by Gasteiger charge is -2.30. The third-order valence-electron chi connectivity index (χ3n) is 8.90. The minimum absolute atomic E-state index is 0.0709. The van der Waals surface area contributed by atoms with Gasteiger partial charge in [-0.15, -0.1) is 0 Å². The molecule has 2 heterocycles. The zero-order chi connectivity index (χ0) is 30.5. The maximum atomic E-state index is 13.7. The molecule has 5 aromatic rings. The monoisotopic (exact) mass is 591 g/mol. The molecule has 10 heteroatoms. The summed E-state index contributed by atoms with van der Waals surface area (Å²) >= 11 is 0. The molecule has 44 heavy (non-hydrogen) atoms. The molecule has 0 aromatic heterocycles. The molecule has 0 aliphatic carbocycles. The van der Waals surface area contributed by atoms with E-state index < -0.39 is 11.8 Å². The second-order valence-electron chi connectivity index (χ2n) is 11.4. The van der Waals surface area contributed by atoms with E-state index in [0.29, 0.717) is 59.1 Å². The van der Waals surface area contributed by atoms with Gasteiger partial charge < -0.3 is 21.5 Å². The fourth-order valence-corrected chi connectivity index (χ4v) is 6.89. The Morgan fingerprint density at radius 3 is 1.30 bits per heavy atom. The Hall–Kier alpha value is -4.48. The standard InChI is InChI=1S/C34H33N5O5/c35-11-1-12-36-14-15-37-13-2-16-38-31(41)23-7-3-19-21-5-9-25-30-26(34(44)39(17-18-40)33(25)43)10-6-22(28(21)30)20-4-8-24(32(38)42)29(23)27(19)20/h3-10,36-37,40H,1-2,11-18,35H2. The summed E-state index contributed by atoms with van der Waals surface area (Å²) in [6.45, 7) is 3.79. The zero-order valence-electron chi connectivity index (χ0n) is 24.2. The van der Waals surface area contributed by atoms with Gasteiger partial charge in [0.25, 0.3) is 23.6 Å². The molecule has 0 radical (unpaired) electrons. The topological polar surface area (TPSA) is 145 Å². The van der Waals surface area contributed by atoms with E-state index >= 15 is 0 Å². The van der Waals surface area contributed by atoms with Gasteiger partial charge in [-0.3, -0.25) is 29.0 Å². The van der Waals surface area contributed by atoms with E-state index in [1.165, 1.54) is 4.90 Å². The third kappa shape index (κ3) is 4.17. The molecule has 10 nitrogen and oxygen atoms in total. The van der Waals surface area contributed by atoms with Gasteiger partial charge >= 0.3 is 0 Å². The van der Waals surface area contributed by atoms with Gasteiger partial charge in [0.05, 0.1) is 13.2 Å². The normalized spacial score (nSPS) is 14.9. The van der Waals surface area contributed by atoms with Crippen molar-refractivity contribution in [3.63, 3.8) is 0 Å². The lowest BCUT2D eigenvalue weighted by atomic mass is 9.82. The largest absolute Gasteiger partial charge is 0.395 e. The van der Waals surface area contributed by atoms with Gasteiger partial charge in [-0.2, -0.15) is 0 Å². The van der Waals surface area contributed by atoms with Crippen LogP contribution in [0, 0.1) is 0 Å². The van der Waals surface area contributed by atoms with Crippen LogP contribution in [0.5, 0.6) is 0 Å². The van der Waals surface area contributed by atoms with Crippen LogP contribution in [-0.2, 0) is 0 Å². The summed E-state index contributed by atoms with van der Waals surface area (Å²) in [4.78, 5) is 56.4.